The number of nitrogens with zero attached hydrogens (tertiary/aromatic N) is 2. The number of nitrogens with one attached hydrogen (secondary N) is 1. The Hall–Kier alpha value is -4.42. The Morgan fingerprint density at radius 1 is 0.811 bits per heavy atom. The molecular formula is C31H25N3O2S. The first-order valence-corrected chi connectivity index (χ1v) is 12.6. The lowest BCUT2D eigenvalue weighted by Crippen LogP contribution is -2.29. The van der Waals surface area contributed by atoms with E-state index >= 15 is 0 Å². The van der Waals surface area contributed by atoms with Crippen LogP contribution in [0.4, 0.5) is 5.69 Å². The minimum Gasteiger partial charge on any atom is -0.459 e. The number of thiocarbonyl (C=S) groups is 1. The molecule has 0 radical (unpaired) electrons. The largest absolute Gasteiger partial charge is 0.459 e. The van der Waals surface area contributed by atoms with Gasteiger partial charge in [0.25, 0.3) is 0 Å². The second-order valence-electron chi connectivity index (χ2n) is 8.97. The van der Waals surface area contributed by atoms with E-state index in [4.69, 9.17) is 21.4 Å². The third-order valence-electron chi connectivity index (χ3n) is 6.45. The zero-order valence-corrected chi connectivity index (χ0v) is 21.1. The predicted molar refractivity (Wildman–Crippen MR) is 150 cm³/mol. The quantitative estimate of drug-likeness (QED) is 0.241. The number of benzene rings is 3. The number of pyridine rings is 1. The highest BCUT2D eigenvalue weighted by atomic mass is 32.1. The molecule has 0 aliphatic carbocycles. The Bertz CT molecular complexity index is 1500. The van der Waals surface area contributed by atoms with Gasteiger partial charge in [0.2, 0.25) is 0 Å². The van der Waals surface area contributed by atoms with Gasteiger partial charge in [0.1, 0.15) is 29.1 Å². The standard InChI is InChI=1S/C31H25N3O2S/c1-21-10-14-24(15-11-21)35-25-16-12-23(13-17-25)34-30(29(33-31(34)37)26-9-5-6-20-32-26)28-19-18-27(36-28)22-7-3-2-4-8-22/h2-20,29-30H,1H3,(H,33,37)/t29-,30+/m0/s1. The van der Waals surface area contributed by atoms with E-state index in [9.17, 15) is 0 Å². The van der Waals surface area contributed by atoms with Gasteiger partial charge in [-0.2, -0.15) is 0 Å². The summed E-state index contributed by atoms with van der Waals surface area (Å²) in [5, 5.41) is 4.10. The van der Waals surface area contributed by atoms with Crippen molar-refractivity contribution >= 4 is 23.0 Å². The summed E-state index contributed by atoms with van der Waals surface area (Å²) < 4.78 is 12.5. The van der Waals surface area contributed by atoms with Crippen molar-refractivity contribution in [2.75, 3.05) is 4.90 Å². The fraction of sp³-hybridized carbons (Fsp3) is 0.0968. The molecule has 0 unspecified atom stereocenters. The molecule has 6 rings (SSSR count). The van der Waals surface area contributed by atoms with E-state index in [-0.39, 0.29) is 12.1 Å². The molecule has 1 N–H and O–H groups in total. The second kappa shape index (κ2) is 9.91. The molecule has 6 heteroatoms. The highest BCUT2D eigenvalue weighted by molar-refractivity contribution is 7.80. The van der Waals surface area contributed by atoms with E-state index in [0.29, 0.717) is 5.11 Å². The molecule has 0 saturated carbocycles. The second-order valence-corrected chi connectivity index (χ2v) is 9.36. The zero-order chi connectivity index (χ0) is 25.2. The first-order chi connectivity index (χ1) is 18.2. The van der Waals surface area contributed by atoms with Crippen LogP contribution in [0.5, 0.6) is 11.5 Å². The Balaban J connectivity index is 1.34. The van der Waals surface area contributed by atoms with Crippen LogP contribution >= 0.6 is 12.2 Å². The van der Waals surface area contributed by atoms with Crippen molar-refractivity contribution in [3.8, 4) is 22.8 Å². The first kappa shape index (κ1) is 23.0. The van der Waals surface area contributed by atoms with Crippen LogP contribution in [0.1, 0.15) is 29.1 Å². The summed E-state index contributed by atoms with van der Waals surface area (Å²) in [6, 6.07) is 35.6. The van der Waals surface area contributed by atoms with Crippen molar-refractivity contribution in [3.63, 3.8) is 0 Å². The molecule has 1 aliphatic heterocycles. The molecule has 1 saturated heterocycles. The number of aryl methyl sites for hydroxylation is 1. The average molecular weight is 504 g/mol. The Labute approximate surface area is 221 Å². The highest BCUT2D eigenvalue weighted by Gasteiger charge is 2.42. The smallest absolute Gasteiger partial charge is 0.174 e. The highest BCUT2D eigenvalue weighted by Crippen LogP contribution is 2.43. The number of ether oxygens (including phenoxy) is 1. The molecule has 2 aromatic heterocycles. The van der Waals surface area contributed by atoms with E-state index in [1.54, 1.807) is 6.20 Å². The Morgan fingerprint density at radius 3 is 2.22 bits per heavy atom. The molecule has 0 spiro atoms. The van der Waals surface area contributed by atoms with Crippen LogP contribution in [0, 0.1) is 6.92 Å². The Morgan fingerprint density at radius 2 is 1.51 bits per heavy atom. The van der Waals surface area contributed by atoms with E-state index in [1.165, 1.54) is 5.56 Å². The molecule has 3 heterocycles. The zero-order valence-electron chi connectivity index (χ0n) is 20.2. The molecule has 1 aliphatic rings. The molecule has 1 fully saturated rings. The van der Waals surface area contributed by atoms with Crippen LogP contribution in [0.3, 0.4) is 0 Å². The van der Waals surface area contributed by atoms with Gasteiger partial charge >= 0.3 is 0 Å². The van der Waals surface area contributed by atoms with Gasteiger partial charge in [-0.3, -0.25) is 4.98 Å². The van der Waals surface area contributed by atoms with Crippen LogP contribution < -0.4 is 15.0 Å². The summed E-state index contributed by atoms with van der Waals surface area (Å²) in [4.78, 5) is 6.72. The van der Waals surface area contributed by atoms with Crippen molar-refractivity contribution in [3.05, 3.63) is 132 Å². The molecule has 37 heavy (non-hydrogen) atoms. The van der Waals surface area contributed by atoms with Crippen LogP contribution in [0.15, 0.2) is 120 Å². The van der Waals surface area contributed by atoms with Gasteiger partial charge in [0, 0.05) is 17.4 Å². The van der Waals surface area contributed by atoms with E-state index in [1.807, 2.05) is 109 Å². The number of hydrogen-bond donors (Lipinski definition) is 1. The summed E-state index contributed by atoms with van der Waals surface area (Å²) >= 11 is 5.84. The van der Waals surface area contributed by atoms with Gasteiger partial charge in [-0.05, 0) is 79.8 Å². The normalized spacial score (nSPS) is 17.0. The minimum atomic E-state index is -0.219. The maximum absolute atomic E-state index is 6.42. The van der Waals surface area contributed by atoms with Crippen LogP contribution in [-0.2, 0) is 0 Å². The molecule has 3 aromatic carbocycles. The molecular weight excluding hydrogens is 478 g/mol. The van der Waals surface area contributed by atoms with Crippen molar-refractivity contribution in [1.29, 1.82) is 0 Å². The van der Waals surface area contributed by atoms with Crippen molar-refractivity contribution < 1.29 is 9.15 Å². The summed E-state index contributed by atoms with van der Waals surface area (Å²) in [6.45, 7) is 2.06. The maximum Gasteiger partial charge on any atom is 0.174 e. The number of anilines is 1. The Kier molecular flexibility index (Phi) is 6.16. The average Bonchev–Trinajstić information content (AvgIpc) is 3.56. The van der Waals surface area contributed by atoms with Crippen LogP contribution in [-0.4, -0.2) is 10.1 Å². The lowest BCUT2D eigenvalue weighted by molar-refractivity contribution is 0.439. The van der Waals surface area contributed by atoms with E-state index in [0.717, 1.165) is 40.0 Å². The molecule has 0 amide bonds. The lowest BCUT2D eigenvalue weighted by Gasteiger charge is -2.26. The van der Waals surface area contributed by atoms with Crippen LogP contribution in [0.2, 0.25) is 0 Å². The summed E-state index contributed by atoms with van der Waals surface area (Å²) in [6.07, 6.45) is 1.80. The van der Waals surface area contributed by atoms with Gasteiger partial charge in [0.15, 0.2) is 5.11 Å². The number of aromatic nitrogens is 1. The molecule has 5 nitrogen and oxygen atoms in total. The van der Waals surface area contributed by atoms with Gasteiger partial charge in [-0.25, -0.2) is 0 Å². The molecule has 0 bridgehead atoms. The lowest BCUT2D eigenvalue weighted by atomic mass is 10.0. The van der Waals surface area contributed by atoms with Crippen molar-refractivity contribution in [2.45, 2.75) is 19.0 Å². The first-order valence-electron chi connectivity index (χ1n) is 12.2. The molecule has 2 atom stereocenters. The summed E-state index contributed by atoms with van der Waals surface area (Å²) in [5.74, 6) is 3.18. The van der Waals surface area contributed by atoms with Gasteiger partial charge in [-0.1, -0.05) is 54.1 Å². The fourth-order valence-electron chi connectivity index (χ4n) is 4.61. The van der Waals surface area contributed by atoms with Gasteiger partial charge < -0.3 is 19.4 Å². The summed E-state index contributed by atoms with van der Waals surface area (Å²) in [7, 11) is 0. The monoisotopic (exact) mass is 503 g/mol. The maximum atomic E-state index is 6.42. The van der Waals surface area contributed by atoms with E-state index in [2.05, 4.69) is 22.1 Å². The molecule has 5 aromatic rings. The molecule has 182 valence electrons. The number of rotatable bonds is 6. The topological polar surface area (TPSA) is 50.5 Å². The van der Waals surface area contributed by atoms with Crippen molar-refractivity contribution in [2.24, 2.45) is 0 Å². The SMILES string of the molecule is Cc1ccc(Oc2ccc(N3C(=S)N[C@@H](c4ccccn4)[C@H]3c3ccc(-c4ccccc4)o3)cc2)cc1. The fourth-order valence-corrected chi connectivity index (χ4v) is 4.95. The third-order valence-corrected chi connectivity index (χ3v) is 6.76. The van der Waals surface area contributed by atoms with Crippen LogP contribution in [0.25, 0.3) is 11.3 Å². The summed E-state index contributed by atoms with van der Waals surface area (Å²) in [5.41, 5.74) is 4.06. The number of furan rings is 1. The van der Waals surface area contributed by atoms with E-state index < -0.39 is 0 Å². The number of hydrogen-bond acceptors (Lipinski definition) is 4. The van der Waals surface area contributed by atoms with Crippen molar-refractivity contribution in [1.82, 2.24) is 10.3 Å². The predicted octanol–water partition coefficient (Wildman–Crippen LogP) is 7.62. The van der Waals surface area contributed by atoms with Gasteiger partial charge in [-0.15, -0.1) is 0 Å². The van der Waals surface area contributed by atoms with Gasteiger partial charge in [0.05, 0.1) is 11.7 Å². The minimum absolute atomic E-state index is 0.174. The third kappa shape index (κ3) is 4.71.